The summed E-state index contributed by atoms with van der Waals surface area (Å²) in [6.45, 7) is -0.566. The van der Waals surface area contributed by atoms with E-state index in [-0.39, 0.29) is 6.08 Å². The number of ether oxygens (including phenoxy) is 6. The molecule has 0 saturated carbocycles. The van der Waals surface area contributed by atoms with Crippen molar-refractivity contribution in [3.8, 4) is 91.2 Å². The number of benzene rings is 4. The molecular weight excluding hydrogens is 932 g/mol. The number of phenols is 12. The highest BCUT2D eigenvalue weighted by atomic mass is 16.6. The summed E-state index contributed by atoms with van der Waals surface area (Å²) in [5.41, 5.74) is -11.3. The average molecular weight is 965 g/mol. The Morgan fingerprint density at radius 2 is 1.01 bits per heavy atom. The summed E-state index contributed by atoms with van der Waals surface area (Å²) in [6.07, 6.45) is -11.4. The molecule has 26 nitrogen and oxygen atoms in total. The van der Waals surface area contributed by atoms with E-state index in [4.69, 9.17) is 28.4 Å². The van der Waals surface area contributed by atoms with E-state index in [2.05, 4.69) is 0 Å². The molecule has 0 amide bonds. The first-order chi connectivity index (χ1) is 32.5. The molecule has 4 aromatic carbocycles. The van der Waals surface area contributed by atoms with Gasteiger partial charge in [0.25, 0.3) is 0 Å². The van der Waals surface area contributed by atoms with Gasteiger partial charge in [-0.3, -0.25) is 0 Å². The lowest BCUT2D eigenvalue weighted by Gasteiger charge is -2.42. The van der Waals surface area contributed by atoms with Crippen LogP contribution in [0.5, 0.6) is 69.0 Å². The maximum atomic E-state index is 15.0. The minimum atomic E-state index is -2.69. The van der Waals surface area contributed by atoms with Crippen molar-refractivity contribution in [3.05, 3.63) is 74.9 Å². The molecule has 5 atom stereocenters. The fraction of sp³-hybridized carbons (Fsp3) is 0.186. The first kappa shape index (κ1) is 46.0. The van der Waals surface area contributed by atoms with Gasteiger partial charge in [-0.25, -0.2) is 24.0 Å². The third-order valence-corrected chi connectivity index (χ3v) is 11.2. The first-order valence-corrected chi connectivity index (χ1v) is 19.5. The normalized spacial score (nSPS) is 22.7. The van der Waals surface area contributed by atoms with Crippen molar-refractivity contribution in [2.75, 3.05) is 13.2 Å². The number of hydrogen-bond acceptors (Lipinski definition) is 26. The molecule has 26 heteroatoms. The van der Waals surface area contributed by atoms with E-state index >= 15 is 4.79 Å². The second-order valence-corrected chi connectivity index (χ2v) is 15.1. The SMILES string of the molecule is CCO[C@H]1c2c(O)c(O)c(O)c3c2C(=O)O[C@@H]1[C@H]1OC(=O)c2c(c(O)c(O)c(O)c2-3)C=C(O)/C(O)=C(O)\C=C/C(=O)OC2COC(=O)c3cc(O)c(O)c(O)c3-c3c(cc(O)c(O)c3O)C(=O)O[C@@H]21. The average Bonchev–Trinajstić information content (AvgIpc) is 3.32. The molecule has 1 unspecified atom stereocenters. The van der Waals surface area contributed by atoms with Crippen molar-refractivity contribution in [3.63, 3.8) is 0 Å². The second kappa shape index (κ2) is 16.4. The van der Waals surface area contributed by atoms with Crippen LogP contribution in [0.1, 0.15) is 65.6 Å². The Bertz CT molecular complexity index is 3110. The van der Waals surface area contributed by atoms with Crippen LogP contribution in [-0.4, -0.2) is 144 Å². The molecule has 15 N–H and O–H groups in total. The van der Waals surface area contributed by atoms with Crippen molar-refractivity contribution in [2.24, 2.45) is 0 Å². The first-order valence-electron chi connectivity index (χ1n) is 19.5. The van der Waals surface area contributed by atoms with Gasteiger partial charge < -0.3 is 105 Å². The van der Waals surface area contributed by atoms with Crippen LogP contribution in [-0.2, 0) is 33.2 Å². The lowest BCUT2D eigenvalue weighted by atomic mass is 9.81. The van der Waals surface area contributed by atoms with Gasteiger partial charge in [0.1, 0.15) is 12.7 Å². The van der Waals surface area contributed by atoms with Gasteiger partial charge in [-0.15, -0.1) is 0 Å². The van der Waals surface area contributed by atoms with Gasteiger partial charge in [-0.1, -0.05) is 0 Å². The molecule has 5 aliphatic heterocycles. The number of aliphatic hydroxyl groups is 3. The van der Waals surface area contributed by atoms with Crippen molar-refractivity contribution < 1.29 is 129 Å². The molecule has 0 aliphatic carbocycles. The highest BCUT2D eigenvalue weighted by Gasteiger charge is 2.55. The van der Waals surface area contributed by atoms with Crippen molar-refractivity contribution in [1.82, 2.24) is 0 Å². The standard InChI is InChI=1S/C43H32O26/c1-2-64-37-24-23-22(32(56)35(59)33(24)57)21-20-9(25(49)34(58)31(21)55)5-13(45)26(50)12(44)3-4-17(48)66-16-8-65-40(60)10-6-14(46)27(51)29(53)18(10)19-11(7-15(47)28(52)30(19)54)41(61)67-36(16)38(68-42(20)62)39(37)69-43(23)63/h3-7,16,36-39,44-47,49-59H,2,8H2,1H3/b4-3-,13-5?,26-12-/t16?,36-,37-,38-,39-/m0/s1. The van der Waals surface area contributed by atoms with Crippen LogP contribution >= 0.6 is 0 Å². The summed E-state index contributed by atoms with van der Waals surface area (Å²) < 4.78 is 34.1. The molecule has 9 rings (SSSR count). The van der Waals surface area contributed by atoms with Gasteiger partial charge in [0, 0.05) is 46.1 Å². The van der Waals surface area contributed by atoms with Crippen LogP contribution in [0.25, 0.3) is 28.3 Å². The molecular formula is C43H32O26. The van der Waals surface area contributed by atoms with E-state index in [1.807, 2.05) is 0 Å². The quantitative estimate of drug-likeness (QED) is 0.0780. The Morgan fingerprint density at radius 1 is 0.507 bits per heavy atom. The Morgan fingerprint density at radius 3 is 1.61 bits per heavy atom. The fourth-order valence-electron chi connectivity index (χ4n) is 8.14. The number of fused-ring (bicyclic) bond motifs is 5. The predicted molar refractivity (Wildman–Crippen MR) is 218 cm³/mol. The Hall–Kier alpha value is -9.59. The van der Waals surface area contributed by atoms with Crippen molar-refractivity contribution in [2.45, 2.75) is 37.4 Å². The number of phenolic OH excluding ortho intramolecular Hbond substituents is 12. The monoisotopic (exact) mass is 964 g/mol. The van der Waals surface area contributed by atoms with E-state index < -0.39 is 215 Å². The Labute approximate surface area is 381 Å². The molecule has 0 fully saturated rings. The number of esters is 5. The van der Waals surface area contributed by atoms with Crippen molar-refractivity contribution in [1.29, 1.82) is 0 Å². The molecule has 69 heavy (non-hydrogen) atoms. The number of cyclic esters (lactones) is 1. The summed E-state index contributed by atoms with van der Waals surface area (Å²) in [4.78, 5) is 71.9. The molecule has 0 aromatic heterocycles. The number of carbonyl (C=O) groups excluding carboxylic acids is 5. The number of hydrogen-bond donors (Lipinski definition) is 15. The second-order valence-electron chi connectivity index (χ2n) is 15.1. The Kier molecular flexibility index (Phi) is 10.9. The van der Waals surface area contributed by atoms with E-state index in [9.17, 15) is 95.8 Å². The third-order valence-electron chi connectivity index (χ3n) is 11.2. The van der Waals surface area contributed by atoms with E-state index in [0.29, 0.717) is 24.3 Å². The lowest BCUT2D eigenvalue weighted by Crippen LogP contribution is -2.56. The molecule has 360 valence electrons. The summed E-state index contributed by atoms with van der Waals surface area (Å²) in [5.74, 6) is -30.8. The maximum Gasteiger partial charge on any atom is 0.340 e. The van der Waals surface area contributed by atoms with E-state index in [1.54, 1.807) is 0 Å². The zero-order valence-corrected chi connectivity index (χ0v) is 34.4. The number of carbonyl (C=O) groups is 5. The zero-order valence-electron chi connectivity index (χ0n) is 34.4. The largest absolute Gasteiger partial charge is 0.504 e. The summed E-state index contributed by atoms with van der Waals surface area (Å²) in [6, 6.07) is 0.811. The van der Waals surface area contributed by atoms with Crippen LogP contribution in [0, 0.1) is 0 Å². The minimum absolute atomic E-state index is 0.248. The van der Waals surface area contributed by atoms with E-state index in [0.717, 1.165) is 0 Å². The maximum absolute atomic E-state index is 15.0. The molecule has 5 aliphatic rings. The zero-order chi connectivity index (χ0) is 50.4. The summed E-state index contributed by atoms with van der Waals surface area (Å²) in [7, 11) is 0. The summed E-state index contributed by atoms with van der Waals surface area (Å²) in [5, 5.41) is 165. The number of allylic oxidation sites excluding steroid dienone is 1. The Balaban J connectivity index is 1.52. The number of aliphatic hydroxyl groups excluding tert-OH is 3. The van der Waals surface area contributed by atoms with Gasteiger partial charge >= 0.3 is 29.8 Å². The summed E-state index contributed by atoms with van der Waals surface area (Å²) >= 11 is 0. The van der Waals surface area contributed by atoms with Crippen LogP contribution < -0.4 is 0 Å². The molecule has 4 aromatic rings. The van der Waals surface area contributed by atoms with Crippen LogP contribution in [0.15, 0.2) is 41.6 Å². The van der Waals surface area contributed by atoms with Crippen molar-refractivity contribution >= 4 is 35.9 Å². The van der Waals surface area contributed by atoms with Gasteiger partial charge in [0.05, 0.1) is 22.3 Å². The van der Waals surface area contributed by atoms with Gasteiger partial charge in [0.15, 0.2) is 87.7 Å². The van der Waals surface area contributed by atoms with Crippen LogP contribution in [0.4, 0.5) is 0 Å². The molecule has 5 heterocycles. The molecule has 0 spiro atoms. The van der Waals surface area contributed by atoms with Gasteiger partial charge in [-0.05, 0) is 31.2 Å². The predicted octanol–water partition coefficient (Wildman–Crippen LogP) is 2.75. The van der Waals surface area contributed by atoms with Crippen LogP contribution in [0.3, 0.4) is 0 Å². The smallest absolute Gasteiger partial charge is 0.340 e. The number of rotatable bonds is 2. The van der Waals surface area contributed by atoms with E-state index in [1.165, 1.54) is 6.92 Å². The van der Waals surface area contributed by atoms with Gasteiger partial charge in [-0.2, -0.15) is 0 Å². The van der Waals surface area contributed by atoms with Gasteiger partial charge in [0.2, 0.25) is 23.0 Å². The minimum Gasteiger partial charge on any atom is -0.504 e. The van der Waals surface area contributed by atoms with Crippen LogP contribution in [0.2, 0.25) is 0 Å². The highest BCUT2D eigenvalue weighted by Crippen LogP contribution is 2.60. The fourth-order valence-corrected chi connectivity index (χ4v) is 8.14. The highest BCUT2D eigenvalue weighted by molar-refractivity contribution is 6.13. The third kappa shape index (κ3) is 6.96. The molecule has 6 bridgehead atoms. The lowest BCUT2D eigenvalue weighted by molar-refractivity contribution is -0.178. The topological polar surface area (TPSA) is 444 Å². The number of aromatic hydroxyl groups is 12. The molecule has 0 radical (unpaired) electrons. The molecule has 0 saturated heterocycles.